The fourth-order valence-electron chi connectivity index (χ4n) is 1.82. The van der Waals surface area contributed by atoms with E-state index in [4.69, 9.17) is 9.47 Å². The van der Waals surface area contributed by atoms with Gasteiger partial charge in [0.25, 0.3) is 0 Å². The third-order valence-electron chi connectivity index (χ3n) is 2.86. The average Bonchev–Trinajstić information content (AvgIpc) is 2.73. The molecule has 1 saturated carbocycles. The van der Waals surface area contributed by atoms with Crippen molar-refractivity contribution in [2.24, 2.45) is 11.3 Å². The molecule has 2 aliphatic rings. The van der Waals surface area contributed by atoms with Gasteiger partial charge in [-0.3, -0.25) is 0 Å². The molecule has 1 saturated heterocycles. The van der Waals surface area contributed by atoms with Gasteiger partial charge < -0.3 is 9.47 Å². The van der Waals surface area contributed by atoms with Crippen molar-refractivity contribution in [3.05, 3.63) is 12.7 Å². The van der Waals surface area contributed by atoms with Crippen LogP contribution < -0.4 is 0 Å². The van der Waals surface area contributed by atoms with Gasteiger partial charge in [0, 0.05) is 17.8 Å². The zero-order chi connectivity index (χ0) is 9.53. The minimum absolute atomic E-state index is 0.187. The zero-order valence-corrected chi connectivity index (χ0v) is 8.51. The summed E-state index contributed by atoms with van der Waals surface area (Å²) >= 11 is 0. The molecule has 0 aromatic carbocycles. The summed E-state index contributed by atoms with van der Waals surface area (Å²) in [5.41, 5.74) is 0.187. The van der Waals surface area contributed by atoms with Gasteiger partial charge in [-0.2, -0.15) is 0 Å². The number of hydrogen-bond donors (Lipinski definition) is 0. The Balaban J connectivity index is 1.89. The lowest BCUT2D eigenvalue weighted by molar-refractivity contribution is -0.249. The Bertz CT molecular complexity index is 210. The first kappa shape index (κ1) is 9.22. The van der Waals surface area contributed by atoms with Crippen molar-refractivity contribution < 1.29 is 9.47 Å². The molecule has 13 heavy (non-hydrogen) atoms. The highest BCUT2D eigenvalue weighted by molar-refractivity contribution is 5.02. The van der Waals surface area contributed by atoms with Crippen molar-refractivity contribution in [1.82, 2.24) is 0 Å². The second kappa shape index (κ2) is 2.82. The summed E-state index contributed by atoms with van der Waals surface area (Å²) in [6.45, 7) is 9.72. The van der Waals surface area contributed by atoms with Crippen molar-refractivity contribution in [3.63, 3.8) is 0 Å². The van der Waals surface area contributed by atoms with E-state index in [0.29, 0.717) is 5.92 Å². The lowest BCUT2D eigenvalue weighted by Crippen LogP contribution is -2.40. The summed E-state index contributed by atoms with van der Waals surface area (Å²) in [4.78, 5) is 0. The van der Waals surface area contributed by atoms with Crippen LogP contribution >= 0.6 is 0 Å². The molecule has 0 amide bonds. The normalized spacial score (nSPS) is 34.5. The van der Waals surface area contributed by atoms with Crippen LogP contribution in [0.2, 0.25) is 0 Å². The van der Waals surface area contributed by atoms with Crippen LogP contribution in [0.5, 0.6) is 0 Å². The van der Waals surface area contributed by atoms with E-state index in [-0.39, 0.29) is 11.2 Å². The lowest BCUT2D eigenvalue weighted by atomic mass is 9.95. The van der Waals surface area contributed by atoms with Crippen LogP contribution in [-0.4, -0.2) is 19.0 Å². The van der Waals surface area contributed by atoms with E-state index < -0.39 is 0 Å². The minimum atomic E-state index is -0.219. The Morgan fingerprint density at radius 3 is 2.54 bits per heavy atom. The molecule has 1 aliphatic carbocycles. The SMILES string of the molecule is C=CC[C@@H]1CC12OCC(C)(C)CO2. The number of rotatable bonds is 2. The van der Waals surface area contributed by atoms with E-state index >= 15 is 0 Å². The summed E-state index contributed by atoms with van der Waals surface area (Å²) in [5.74, 6) is 0.338. The second-order valence-corrected chi connectivity index (χ2v) is 4.98. The van der Waals surface area contributed by atoms with E-state index in [0.717, 1.165) is 26.1 Å². The monoisotopic (exact) mass is 182 g/mol. The maximum Gasteiger partial charge on any atom is 0.172 e. The van der Waals surface area contributed by atoms with Crippen LogP contribution in [0, 0.1) is 11.3 Å². The molecule has 1 heterocycles. The van der Waals surface area contributed by atoms with Gasteiger partial charge in [0.1, 0.15) is 0 Å². The van der Waals surface area contributed by atoms with Crippen molar-refractivity contribution in [2.75, 3.05) is 13.2 Å². The molecule has 0 radical (unpaired) electrons. The summed E-state index contributed by atoms with van der Waals surface area (Å²) < 4.78 is 11.6. The van der Waals surface area contributed by atoms with Gasteiger partial charge in [-0.25, -0.2) is 0 Å². The molecule has 1 spiro atoms. The van der Waals surface area contributed by atoms with Crippen LogP contribution in [0.1, 0.15) is 26.7 Å². The Labute approximate surface area is 79.9 Å². The van der Waals surface area contributed by atoms with Gasteiger partial charge in [-0.15, -0.1) is 6.58 Å². The third-order valence-corrected chi connectivity index (χ3v) is 2.86. The molecular formula is C11H18O2. The standard InChI is InChI=1S/C11H18O2/c1-4-5-9-6-11(9)12-7-10(2,3)8-13-11/h4,9H,1,5-8H2,2-3H3/t9-/m1/s1. The maximum absolute atomic E-state index is 5.79. The van der Waals surface area contributed by atoms with E-state index in [1.54, 1.807) is 0 Å². The largest absolute Gasteiger partial charge is 0.349 e. The topological polar surface area (TPSA) is 18.5 Å². The van der Waals surface area contributed by atoms with Gasteiger partial charge >= 0.3 is 0 Å². The summed E-state index contributed by atoms with van der Waals surface area (Å²) in [5, 5.41) is 0. The Hall–Kier alpha value is -0.340. The predicted molar refractivity (Wildman–Crippen MR) is 51.3 cm³/mol. The van der Waals surface area contributed by atoms with Crippen LogP contribution in [0.4, 0.5) is 0 Å². The van der Waals surface area contributed by atoms with Gasteiger partial charge in [0.05, 0.1) is 13.2 Å². The number of hydrogen-bond acceptors (Lipinski definition) is 2. The first-order valence-electron chi connectivity index (χ1n) is 4.97. The molecule has 74 valence electrons. The van der Waals surface area contributed by atoms with Crippen molar-refractivity contribution >= 4 is 0 Å². The number of ether oxygens (including phenoxy) is 2. The highest BCUT2D eigenvalue weighted by atomic mass is 16.7. The summed E-state index contributed by atoms with van der Waals surface area (Å²) in [7, 11) is 0. The van der Waals surface area contributed by atoms with E-state index in [2.05, 4.69) is 20.4 Å². The van der Waals surface area contributed by atoms with Crippen LogP contribution in [0.25, 0.3) is 0 Å². The highest BCUT2D eigenvalue weighted by Crippen LogP contribution is 2.53. The zero-order valence-electron chi connectivity index (χ0n) is 8.51. The first-order valence-corrected chi connectivity index (χ1v) is 4.97. The lowest BCUT2D eigenvalue weighted by Gasteiger charge is -2.35. The Kier molecular flexibility index (Phi) is 2.00. The molecule has 2 fully saturated rings. The van der Waals surface area contributed by atoms with E-state index in [9.17, 15) is 0 Å². The third kappa shape index (κ3) is 1.65. The van der Waals surface area contributed by atoms with Crippen LogP contribution in [0.15, 0.2) is 12.7 Å². The molecular weight excluding hydrogens is 164 g/mol. The smallest absolute Gasteiger partial charge is 0.172 e. The van der Waals surface area contributed by atoms with Gasteiger partial charge in [0.15, 0.2) is 5.79 Å². The van der Waals surface area contributed by atoms with Crippen molar-refractivity contribution in [3.8, 4) is 0 Å². The second-order valence-electron chi connectivity index (χ2n) is 4.98. The van der Waals surface area contributed by atoms with Gasteiger partial charge in [-0.05, 0) is 6.42 Å². The predicted octanol–water partition coefficient (Wildman–Crippen LogP) is 2.35. The molecule has 0 aromatic rings. The molecule has 2 rings (SSSR count). The molecule has 0 bridgehead atoms. The molecule has 0 N–H and O–H groups in total. The maximum atomic E-state index is 5.79. The Morgan fingerprint density at radius 1 is 1.38 bits per heavy atom. The molecule has 0 unspecified atom stereocenters. The van der Waals surface area contributed by atoms with Gasteiger partial charge in [0.2, 0.25) is 0 Å². The average molecular weight is 182 g/mol. The summed E-state index contributed by atoms with van der Waals surface area (Å²) in [6.07, 6.45) is 4.02. The van der Waals surface area contributed by atoms with Crippen LogP contribution in [0.3, 0.4) is 0 Å². The minimum Gasteiger partial charge on any atom is -0.349 e. The molecule has 1 aliphatic heterocycles. The molecule has 1 atom stereocenters. The van der Waals surface area contributed by atoms with Gasteiger partial charge in [-0.1, -0.05) is 19.9 Å². The van der Waals surface area contributed by atoms with Crippen molar-refractivity contribution in [1.29, 1.82) is 0 Å². The highest BCUT2D eigenvalue weighted by Gasteiger charge is 2.59. The van der Waals surface area contributed by atoms with Crippen LogP contribution in [-0.2, 0) is 9.47 Å². The molecule has 2 heteroatoms. The quantitative estimate of drug-likeness (QED) is 0.610. The van der Waals surface area contributed by atoms with E-state index in [1.165, 1.54) is 0 Å². The first-order chi connectivity index (χ1) is 6.08. The van der Waals surface area contributed by atoms with Crippen molar-refractivity contribution in [2.45, 2.75) is 32.5 Å². The van der Waals surface area contributed by atoms with E-state index in [1.807, 2.05) is 6.08 Å². The number of allylic oxidation sites excluding steroid dienone is 1. The fourth-order valence-corrected chi connectivity index (χ4v) is 1.82. The summed E-state index contributed by atoms with van der Waals surface area (Å²) in [6, 6.07) is 0. The fraction of sp³-hybridized carbons (Fsp3) is 0.818. The molecule has 2 nitrogen and oxygen atoms in total. The Morgan fingerprint density at radius 2 is 2.00 bits per heavy atom. The molecule has 0 aromatic heterocycles.